The zero-order valence-electron chi connectivity index (χ0n) is 14.5. The fraction of sp³-hybridized carbons (Fsp3) is 0.176. The van der Waals surface area contributed by atoms with Crippen LogP contribution >= 0.6 is 0 Å². The number of hydrogen-bond acceptors (Lipinski definition) is 6. The molecule has 0 atom stereocenters. The predicted molar refractivity (Wildman–Crippen MR) is 93.7 cm³/mol. The van der Waals surface area contributed by atoms with Gasteiger partial charge in [0.1, 0.15) is 5.82 Å². The number of amides is 1. The van der Waals surface area contributed by atoms with E-state index in [0.29, 0.717) is 10.2 Å². The standard InChI is InChI=1S/C17H17FN2O6S/c1-20(25-2)27(23,24)15-5-3-4-12(10-15)17(22)26-11-16(21)19-14-8-6-13(18)7-9-14/h3-10H,11H2,1-2H3,(H,19,21). The number of carbonyl (C=O) groups is 2. The van der Waals surface area contributed by atoms with Gasteiger partial charge in [-0.25, -0.2) is 17.6 Å². The summed E-state index contributed by atoms with van der Waals surface area (Å²) in [6.45, 7) is -0.592. The number of ether oxygens (including phenoxy) is 1. The van der Waals surface area contributed by atoms with Crippen LogP contribution in [0.4, 0.5) is 10.1 Å². The Morgan fingerprint density at radius 1 is 1.15 bits per heavy atom. The Kier molecular flexibility index (Phi) is 6.61. The van der Waals surface area contributed by atoms with Gasteiger partial charge in [-0.1, -0.05) is 10.5 Å². The Hall–Kier alpha value is -2.82. The molecule has 0 radical (unpaired) electrons. The van der Waals surface area contributed by atoms with Crippen molar-refractivity contribution in [1.29, 1.82) is 0 Å². The van der Waals surface area contributed by atoms with E-state index in [1.54, 1.807) is 0 Å². The molecule has 0 aliphatic carbocycles. The highest BCUT2D eigenvalue weighted by atomic mass is 32.2. The minimum Gasteiger partial charge on any atom is -0.452 e. The molecule has 8 nitrogen and oxygen atoms in total. The van der Waals surface area contributed by atoms with E-state index in [1.165, 1.54) is 56.6 Å². The van der Waals surface area contributed by atoms with E-state index in [0.717, 1.165) is 6.07 Å². The number of anilines is 1. The van der Waals surface area contributed by atoms with Gasteiger partial charge in [0, 0.05) is 12.7 Å². The van der Waals surface area contributed by atoms with Crippen LogP contribution in [0.2, 0.25) is 0 Å². The molecule has 0 bridgehead atoms. The quantitative estimate of drug-likeness (QED) is 0.566. The van der Waals surface area contributed by atoms with Gasteiger partial charge in [0.15, 0.2) is 6.61 Å². The Balaban J connectivity index is 2.01. The maximum atomic E-state index is 12.8. The maximum Gasteiger partial charge on any atom is 0.338 e. The summed E-state index contributed by atoms with van der Waals surface area (Å²) < 4.78 is 42.7. The van der Waals surface area contributed by atoms with Gasteiger partial charge >= 0.3 is 5.97 Å². The van der Waals surface area contributed by atoms with Gasteiger partial charge < -0.3 is 10.1 Å². The molecule has 0 saturated heterocycles. The van der Waals surface area contributed by atoms with Crippen molar-refractivity contribution in [3.63, 3.8) is 0 Å². The number of benzene rings is 2. The fourth-order valence-electron chi connectivity index (χ4n) is 1.97. The number of hydrogen-bond donors (Lipinski definition) is 1. The van der Waals surface area contributed by atoms with Crippen LogP contribution in [-0.4, -0.2) is 45.5 Å². The van der Waals surface area contributed by atoms with E-state index in [2.05, 4.69) is 10.2 Å². The van der Waals surface area contributed by atoms with Crippen molar-refractivity contribution in [3.8, 4) is 0 Å². The third-order valence-corrected chi connectivity index (χ3v) is 5.10. The number of esters is 1. The van der Waals surface area contributed by atoms with E-state index < -0.39 is 34.3 Å². The molecule has 2 aromatic rings. The molecule has 2 rings (SSSR count). The highest BCUT2D eigenvalue weighted by Crippen LogP contribution is 2.16. The molecule has 1 amide bonds. The van der Waals surface area contributed by atoms with E-state index in [1.807, 2.05) is 0 Å². The summed E-state index contributed by atoms with van der Waals surface area (Å²) in [6.07, 6.45) is 0. The first-order valence-corrected chi connectivity index (χ1v) is 9.03. The van der Waals surface area contributed by atoms with Crippen LogP contribution in [0.15, 0.2) is 53.4 Å². The molecule has 0 heterocycles. The molecule has 2 aromatic carbocycles. The molecule has 0 aliphatic rings. The van der Waals surface area contributed by atoms with E-state index >= 15 is 0 Å². The first-order chi connectivity index (χ1) is 12.7. The monoisotopic (exact) mass is 396 g/mol. The average molecular weight is 396 g/mol. The van der Waals surface area contributed by atoms with Crippen LogP contribution in [0.3, 0.4) is 0 Å². The van der Waals surface area contributed by atoms with Crippen molar-refractivity contribution in [2.45, 2.75) is 4.90 Å². The minimum absolute atomic E-state index is 0.0461. The van der Waals surface area contributed by atoms with Gasteiger partial charge in [0.25, 0.3) is 15.9 Å². The molecule has 0 unspecified atom stereocenters. The summed E-state index contributed by atoms with van der Waals surface area (Å²) in [5.74, 6) is -1.95. The lowest BCUT2D eigenvalue weighted by atomic mass is 10.2. The average Bonchev–Trinajstić information content (AvgIpc) is 2.67. The largest absolute Gasteiger partial charge is 0.452 e. The van der Waals surface area contributed by atoms with Gasteiger partial charge in [-0.3, -0.25) is 9.63 Å². The molecule has 0 spiro atoms. The summed E-state index contributed by atoms with van der Waals surface area (Å²) in [4.78, 5) is 28.4. The van der Waals surface area contributed by atoms with Crippen LogP contribution in [0.25, 0.3) is 0 Å². The molecule has 144 valence electrons. The van der Waals surface area contributed by atoms with E-state index in [-0.39, 0.29) is 10.5 Å². The number of hydroxylamine groups is 1. The zero-order valence-corrected chi connectivity index (χ0v) is 15.3. The van der Waals surface area contributed by atoms with Gasteiger partial charge in [0.2, 0.25) is 0 Å². The van der Waals surface area contributed by atoms with Crippen molar-refractivity contribution in [2.24, 2.45) is 0 Å². The van der Waals surface area contributed by atoms with Gasteiger partial charge in [-0.2, -0.15) is 0 Å². The van der Waals surface area contributed by atoms with Crippen LogP contribution in [0.1, 0.15) is 10.4 Å². The number of nitrogens with one attached hydrogen (secondary N) is 1. The number of halogens is 1. The molecular formula is C17H17FN2O6S. The number of rotatable bonds is 7. The lowest BCUT2D eigenvalue weighted by Gasteiger charge is -2.14. The number of sulfonamides is 1. The molecule has 27 heavy (non-hydrogen) atoms. The first-order valence-electron chi connectivity index (χ1n) is 7.59. The molecule has 0 saturated carbocycles. The molecule has 10 heteroatoms. The lowest BCUT2D eigenvalue weighted by Crippen LogP contribution is -2.26. The third-order valence-electron chi connectivity index (χ3n) is 3.43. The van der Waals surface area contributed by atoms with Crippen LogP contribution < -0.4 is 5.32 Å². The zero-order chi connectivity index (χ0) is 20.0. The Bertz CT molecular complexity index is 931. The smallest absolute Gasteiger partial charge is 0.338 e. The summed E-state index contributed by atoms with van der Waals surface area (Å²) >= 11 is 0. The first kappa shape index (κ1) is 20.5. The van der Waals surface area contributed by atoms with E-state index in [4.69, 9.17) is 4.74 Å². The van der Waals surface area contributed by atoms with Gasteiger partial charge in [0.05, 0.1) is 17.6 Å². The number of nitrogens with zero attached hydrogens (tertiary/aromatic N) is 1. The SMILES string of the molecule is CON(C)S(=O)(=O)c1cccc(C(=O)OCC(=O)Nc2ccc(F)cc2)c1. The van der Waals surface area contributed by atoms with Crippen LogP contribution in [0.5, 0.6) is 0 Å². The lowest BCUT2D eigenvalue weighted by molar-refractivity contribution is -0.119. The molecule has 0 fully saturated rings. The van der Waals surface area contributed by atoms with Crippen LogP contribution in [0, 0.1) is 5.82 Å². The summed E-state index contributed by atoms with van der Waals surface area (Å²) in [5, 5.41) is 2.43. The Morgan fingerprint density at radius 2 is 1.81 bits per heavy atom. The summed E-state index contributed by atoms with van der Waals surface area (Å²) in [5.41, 5.74) is 0.295. The number of carbonyl (C=O) groups excluding carboxylic acids is 2. The Labute approximate surface area is 155 Å². The van der Waals surface area contributed by atoms with Crippen molar-refractivity contribution >= 4 is 27.6 Å². The highest BCUT2D eigenvalue weighted by Gasteiger charge is 2.22. The summed E-state index contributed by atoms with van der Waals surface area (Å²) in [6, 6.07) is 10.2. The minimum atomic E-state index is -3.93. The highest BCUT2D eigenvalue weighted by molar-refractivity contribution is 7.89. The third kappa shape index (κ3) is 5.33. The van der Waals surface area contributed by atoms with Gasteiger partial charge in [-0.05, 0) is 42.5 Å². The molecule has 1 N–H and O–H groups in total. The van der Waals surface area contributed by atoms with Crippen molar-refractivity contribution in [2.75, 3.05) is 26.1 Å². The molecule has 0 aromatic heterocycles. The van der Waals surface area contributed by atoms with Crippen molar-refractivity contribution < 1.29 is 32.0 Å². The second-order valence-electron chi connectivity index (χ2n) is 5.26. The second-order valence-corrected chi connectivity index (χ2v) is 7.19. The fourth-order valence-corrected chi connectivity index (χ4v) is 2.99. The maximum absolute atomic E-state index is 12.8. The molecule has 0 aliphatic heterocycles. The van der Waals surface area contributed by atoms with Gasteiger partial charge in [-0.15, -0.1) is 0 Å². The topological polar surface area (TPSA) is 102 Å². The van der Waals surface area contributed by atoms with E-state index in [9.17, 15) is 22.4 Å². The molecular weight excluding hydrogens is 379 g/mol. The second kappa shape index (κ2) is 8.71. The Morgan fingerprint density at radius 3 is 2.44 bits per heavy atom. The van der Waals surface area contributed by atoms with Crippen molar-refractivity contribution in [1.82, 2.24) is 4.47 Å². The van der Waals surface area contributed by atoms with Crippen LogP contribution in [-0.2, 0) is 24.4 Å². The normalized spacial score (nSPS) is 11.3. The predicted octanol–water partition coefficient (Wildman–Crippen LogP) is 1.80. The van der Waals surface area contributed by atoms with Crippen molar-refractivity contribution in [3.05, 3.63) is 59.9 Å². The summed E-state index contributed by atoms with van der Waals surface area (Å²) in [7, 11) is -1.53.